The summed E-state index contributed by atoms with van der Waals surface area (Å²) in [5, 5.41) is 7.19. The third-order valence-electron chi connectivity index (χ3n) is 7.80. The van der Waals surface area contributed by atoms with Crippen LogP contribution in [0.3, 0.4) is 0 Å². The van der Waals surface area contributed by atoms with Crippen LogP contribution >= 0.6 is 0 Å². The molecule has 11 nitrogen and oxygen atoms in total. The summed E-state index contributed by atoms with van der Waals surface area (Å²) >= 11 is 0. The maximum atomic E-state index is 13.5. The number of aromatic nitrogens is 5. The Labute approximate surface area is 230 Å². The van der Waals surface area contributed by atoms with E-state index in [2.05, 4.69) is 41.6 Å². The lowest BCUT2D eigenvalue weighted by molar-refractivity contribution is -0.121. The van der Waals surface area contributed by atoms with Crippen molar-refractivity contribution in [2.45, 2.75) is 45.2 Å². The van der Waals surface area contributed by atoms with E-state index in [-0.39, 0.29) is 23.5 Å². The zero-order chi connectivity index (χ0) is 27.4. The standard InChI is InChI=1S/C29H30N8O3/c1-29(2)17-30-14-18-13-19(7-8-21(18)29)32-28-31-15-20-25(34-28)37-23-10-9-22-26(33-23)35(24(38)16-40-22)11-5-3-4-6-12-36(37)27(20)39/h4,6-10,13,15,30H,3,5,11-12,14,16-17H2,1-2H3,(H,31,32,34). The molecule has 7 rings (SSSR count). The van der Waals surface area contributed by atoms with Gasteiger partial charge in [-0.25, -0.2) is 19.3 Å². The molecule has 0 atom stereocenters. The molecule has 3 aliphatic rings. The van der Waals surface area contributed by atoms with Gasteiger partial charge in [-0.15, -0.1) is 0 Å². The molecule has 0 radical (unpaired) electrons. The Hall–Kier alpha value is -4.51. The maximum Gasteiger partial charge on any atom is 0.278 e. The molecule has 204 valence electrons. The molecule has 0 aliphatic carbocycles. The van der Waals surface area contributed by atoms with Crippen molar-refractivity contribution in [3.8, 4) is 11.6 Å². The van der Waals surface area contributed by atoms with Crippen LogP contribution in [0.4, 0.5) is 17.5 Å². The Kier molecular flexibility index (Phi) is 5.70. The fourth-order valence-corrected chi connectivity index (χ4v) is 5.77. The molecular weight excluding hydrogens is 508 g/mol. The number of ether oxygens (including phenoxy) is 1. The number of nitrogens with zero attached hydrogens (tertiary/aromatic N) is 6. The topological polar surface area (TPSA) is 119 Å². The quantitative estimate of drug-likeness (QED) is 0.374. The van der Waals surface area contributed by atoms with Gasteiger partial charge in [-0.2, -0.15) is 4.98 Å². The summed E-state index contributed by atoms with van der Waals surface area (Å²) in [6.45, 7) is 7.09. The van der Waals surface area contributed by atoms with Gasteiger partial charge in [0.15, 0.2) is 29.6 Å². The first-order valence-corrected chi connectivity index (χ1v) is 13.6. The van der Waals surface area contributed by atoms with Gasteiger partial charge >= 0.3 is 0 Å². The van der Waals surface area contributed by atoms with Crippen molar-refractivity contribution in [1.82, 2.24) is 29.6 Å². The van der Waals surface area contributed by atoms with Crippen molar-refractivity contribution < 1.29 is 9.53 Å². The first-order chi connectivity index (χ1) is 19.4. The van der Waals surface area contributed by atoms with Crippen LogP contribution in [0.2, 0.25) is 0 Å². The van der Waals surface area contributed by atoms with Crippen molar-refractivity contribution in [3.05, 3.63) is 70.2 Å². The van der Waals surface area contributed by atoms with Crippen LogP contribution in [0, 0.1) is 0 Å². The lowest BCUT2D eigenvalue weighted by Gasteiger charge is -2.33. The number of amides is 1. The second kappa shape index (κ2) is 9.30. The lowest BCUT2D eigenvalue weighted by atomic mass is 9.79. The summed E-state index contributed by atoms with van der Waals surface area (Å²) < 4.78 is 8.95. The fourth-order valence-electron chi connectivity index (χ4n) is 5.77. The van der Waals surface area contributed by atoms with Crippen molar-refractivity contribution in [2.75, 3.05) is 29.9 Å². The molecule has 1 aromatic carbocycles. The van der Waals surface area contributed by atoms with Crippen molar-refractivity contribution >= 4 is 34.4 Å². The minimum atomic E-state index is -0.214. The summed E-state index contributed by atoms with van der Waals surface area (Å²) in [6.07, 6.45) is 7.11. The predicted octanol–water partition coefficient (Wildman–Crippen LogP) is 3.18. The minimum Gasteiger partial charge on any atom is -0.480 e. The van der Waals surface area contributed by atoms with E-state index in [9.17, 15) is 9.59 Å². The first kappa shape index (κ1) is 24.5. The van der Waals surface area contributed by atoms with E-state index in [0.29, 0.717) is 47.5 Å². The van der Waals surface area contributed by atoms with E-state index in [1.165, 1.54) is 11.1 Å². The molecule has 3 aliphatic heterocycles. The van der Waals surface area contributed by atoms with Crippen molar-refractivity contribution in [1.29, 1.82) is 0 Å². The molecule has 0 saturated heterocycles. The molecule has 0 saturated carbocycles. The van der Waals surface area contributed by atoms with E-state index < -0.39 is 0 Å². The smallest absolute Gasteiger partial charge is 0.278 e. The van der Waals surface area contributed by atoms with Gasteiger partial charge < -0.3 is 15.4 Å². The normalized spacial score (nSPS) is 17.9. The third kappa shape index (κ3) is 4.04. The van der Waals surface area contributed by atoms with Crippen LogP contribution in [-0.2, 0) is 23.3 Å². The molecule has 0 unspecified atom stereocenters. The highest BCUT2D eigenvalue weighted by Gasteiger charge is 2.29. The summed E-state index contributed by atoms with van der Waals surface area (Å²) in [5.74, 6) is 1.71. The Bertz CT molecular complexity index is 1750. The van der Waals surface area contributed by atoms with E-state index >= 15 is 0 Å². The minimum absolute atomic E-state index is 0.0144. The second-order valence-corrected chi connectivity index (χ2v) is 11.1. The molecule has 6 heterocycles. The monoisotopic (exact) mass is 538 g/mol. The van der Waals surface area contributed by atoms with Crippen LogP contribution < -0.4 is 25.8 Å². The van der Waals surface area contributed by atoms with Gasteiger partial charge in [0, 0.05) is 36.9 Å². The Morgan fingerprint density at radius 1 is 1.10 bits per heavy atom. The van der Waals surface area contributed by atoms with Crippen LogP contribution in [0.15, 0.2) is 53.5 Å². The highest BCUT2D eigenvalue weighted by Crippen LogP contribution is 2.33. The average Bonchev–Trinajstić information content (AvgIpc) is 3.20. The van der Waals surface area contributed by atoms with Crippen LogP contribution in [0.25, 0.3) is 16.9 Å². The van der Waals surface area contributed by atoms with E-state index in [0.717, 1.165) is 31.6 Å². The van der Waals surface area contributed by atoms with E-state index in [4.69, 9.17) is 14.7 Å². The van der Waals surface area contributed by atoms with Crippen LogP contribution in [0.1, 0.15) is 37.8 Å². The molecule has 2 bridgehead atoms. The highest BCUT2D eigenvalue weighted by atomic mass is 16.5. The summed E-state index contributed by atoms with van der Waals surface area (Å²) in [6, 6.07) is 9.89. The Balaban J connectivity index is 1.34. The number of hydrogen-bond acceptors (Lipinski definition) is 8. The van der Waals surface area contributed by atoms with E-state index in [1.807, 2.05) is 18.2 Å². The summed E-state index contributed by atoms with van der Waals surface area (Å²) in [4.78, 5) is 41.9. The van der Waals surface area contributed by atoms with Crippen LogP contribution in [0.5, 0.6) is 5.75 Å². The number of hydrogen-bond donors (Lipinski definition) is 2. The zero-order valence-electron chi connectivity index (χ0n) is 22.5. The molecule has 40 heavy (non-hydrogen) atoms. The molecule has 0 spiro atoms. The number of anilines is 3. The van der Waals surface area contributed by atoms with Crippen molar-refractivity contribution in [3.63, 3.8) is 0 Å². The molecule has 2 N–H and O–H groups in total. The third-order valence-corrected chi connectivity index (χ3v) is 7.80. The number of rotatable bonds is 2. The van der Waals surface area contributed by atoms with Gasteiger partial charge in [-0.3, -0.25) is 14.5 Å². The molecule has 0 fully saturated rings. The lowest BCUT2D eigenvalue weighted by Crippen LogP contribution is -2.40. The Morgan fingerprint density at radius 3 is 2.90 bits per heavy atom. The number of allylic oxidation sites excluding steroid dienone is 2. The van der Waals surface area contributed by atoms with Crippen LogP contribution in [-0.4, -0.2) is 49.9 Å². The zero-order valence-corrected chi connectivity index (χ0v) is 22.5. The predicted molar refractivity (Wildman–Crippen MR) is 152 cm³/mol. The van der Waals surface area contributed by atoms with E-state index in [1.54, 1.807) is 32.6 Å². The highest BCUT2D eigenvalue weighted by molar-refractivity contribution is 5.96. The van der Waals surface area contributed by atoms with Crippen molar-refractivity contribution in [2.24, 2.45) is 0 Å². The molecular formula is C29H30N8O3. The second-order valence-electron chi connectivity index (χ2n) is 11.1. The number of nitrogens with one attached hydrogen (secondary N) is 2. The number of carbonyl (C=O) groups is 1. The molecule has 3 aromatic heterocycles. The summed E-state index contributed by atoms with van der Waals surface area (Å²) in [5.41, 5.74) is 3.70. The SMILES string of the molecule is CC1(C)CNCc2cc(Nc3ncc4c(=O)n5n(c4n3)-c3ccc4c(n3)N(CCCC=CC5)C(=O)CO4)ccc21. The fraction of sp³-hybridized carbons (Fsp3) is 0.345. The van der Waals surface area contributed by atoms with Gasteiger partial charge in [0.25, 0.3) is 11.5 Å². The first-order valence-electron chi connectivity index (χ1n) is 13.6. The van der Waals surface area contributed by atoms with Gasteiger partial charge in [-0.1, -0.05) is 32.1 Å². The Morgan fingerprint density at radius 2 is 2.00 bits per heavy atom. The largest absolute Gasteiger partial charge is 0.480 e. The number of pyridine rings is 1. The number of benzene rings is 1. The summed E-state index contributed by atoms with van der Waals surface area (Å²) in [7, 11) is 0. The van der Waals surface area contributed by atoms with Gasteiger partial charge in [0.1, 0.15) is 5.39 Å². The maximum absolute atomic E-state index is 13.5. The van der Waals surface area contributed by atoms with Gasteiger partial charge in [0.2, 0.25) is 5.95 Å². The average molecular weight is 539 g/mol. The number of carbonyl (C=O) groups excluding carboxylic acids is 1. The van der Waals surface area contributed by atoms with Gasteiger partial charge in [0.05, 0.1) is 6.54 Å². The number of fused-ring (bicyclic) bond motifs is 6. The molecule has 11 heteroatoms. The van der Waals surface area contributed by atoms with Gasteiger partial charge in [-0.05, 0) is 48.2 Å². The molecule has 4 aromatic rings. The molecule has 1 amide bonds.